The van der Waals surface area contributed by atoms with Gasteiger partial charge in [0.1, 0.15) is 5.82 Å². The molecule has 1 aromatic carbocycles. The summed E-state index contributed by atoms with van der Waals surface area (Å²) in [5.74, 6) is 0.349. The van der Waals surface area contributed by atoms with Gasteiger partial charge in [0.2, 0.25) is 0 Å². The number of rotatable bonds is 2. The van der Waals surface area contributed by atoms with Crippen LogP contribution in [0.4, 0.5) is 5.82 Å². The molecule has 0 aliphatic heterocycles. The molecule has 1 heterocycles. The maximum atomic E-state index is 11.9. The molecule has 2 aromatic rings. The molecule has 0 atom stereocenters. The maximum Gasteiger partial charge on any atom is 0.257 e. The number of thiocarbonyl (C=S) groups is 1. The van der Waals surface area contributed by atoms with Gasteiger partial charge in [0.25, 0.3) is 5.91 Å². The first-order valence-electron chi connectivity index (χ1n) is 5.54. The predicted molar refractivity (Wildman–Crippen MR) is 94.8 cm³/mol. The Morgan fingerprint density at radius 1 is 1.30 bits per heavy atom. The number of carbonyl (C=O) groups is 1. The molecule has 0 fully saturated rings. The van der Waals surface area contributed by atoms with E-state index < -0.39 is 0 Å². The van der Waals surface area contributed by atoms with E-state index in [1.165, 1.54) is 0 Å². The minimum absolute atomic E-state index is 0.214. The van der Waals surface area contributed by atoms with Gasteiger partial charge in [0.15, 0.2) is 5.11 Å². The predicted octanol–water partition coefficient (Wildman–Crippen LogP) is 3.58. The van der Waals surface area contributed by atoms with Gasteiger partial charge in [0, 0.05) is 16.2 Å². The molecule has 7 heteroatoms. The molecule has 0 unspecified atom stereocenters. The number of nitrogens with zero attached hydrogens (tertiary/aromatic N) is 1. The molecule has 102 valence electrons. The van der Waals surface area contributed by atoms with Gasteiger partial charge >= 0.3 is 0 Å². The van der Waals surface area contributed by atoms with Gasteiger partial charge in [-0.15, -0.1) is 0 Å². The number of hydrogen-bond acceptors (Lipinski definition) is 3. The van der Waals surface area contributed by atoms with E-state index in [1.54, 1.807) is 30.5 Å². The fourth-order valence-electron chi connectivity index (χ4n) is 1.41. The van der Waals surface area contributed by atoms with E-state index in [0.29, 0.717) is 11.4 Å². The number of amides is 1. The standard InChI is InChI=1S/C13H9BrIN3OS/c14-9-6-10(15)11(16-7-9)17-13(20)18-12(19)8-4-2-1-3-5-8/h1-7H,(H2,16,17,18,19,20). The molecule has 0 radical (unpaired) electrons. The summed E-state index contributed by atoms with van der Waals surface area (Å²) in [6.45, 7) is 0. The Kier molecular flexibility index (Phi) is 5.44. The Labute approximate surface area is 143 Å². The first-order chi connectivity index (χ1) is 9.56. The molecular formula is C13H9BrIN3OS. The topological polar surface area (TPSA) is 54.0 Å². The van der Waals surface area contributed by atoms with Gasteiger partial charge < -0.3 is 5.32 Å². The normalized spacial score (nSPS) is 9.90. The fourth-order valence-corrected chi connectivity index (χ4v) is 2.97. The molecule has 0 saturated carbocycles. The van der Waals surface area contributed by atoms with Gasteiger partial charge in [-0.2, -0.15) is 0 Å². The Balaban J connectivity index is 2.01. The number of halogens is 2. The number of anilines is 1. The van der Waals surface area contributed by atoms with E-state index in [2.05, 4.69) is 54.1 Å². The number of benzene rings is 1. The van der Waals surface area contributed by atoms with E-state index in [4.69, 9.17) is 12.2 Å². The lowest BCUT2D eigenvalue weighted by Crippen LogP contribution is -2.34. The average Bonchev–Trinajstić information content (AvgIpc) is 2.43. The molecule has 1 aromatic heterocycles. The number of hydrogen-bond donors (Lipinski definition) is 2. The molecule has 0 aliphatic rings. The van der Waals surface area contributed by atoms with Crippen molar-refractivity contribution in [2.75, 3.05) is 5.32 Å². The molecule has 20 heavy (non-hydrogen) atoms. The van der Waals surface area contributed by atoms with Crippen LogP contribution in [0.1, 0.15) is 10.4 Å². The lowest BCUT2D eigenvalue weighted by molar-refractivity contribution is 0.0978. The highest BCUT2D eigenvalue weighted by molar-refractivity contribution is 14.1. The van der Waals surface area contributed by atoms with Gasteiger partial charge in [-0.1, -0.05) is 18.2 Å². The molecule has 0 spiro atoms. The largest absolute Gasteiger partial charge is 0.316 e. The second kappa shape index (κ2) is 7.09. The van der Waals surface area contributed by atoms with Crippen LogP contribution in [0.5, 0.6) is 0 Å². The third kappa shape index (κ3) is 4.22. The van der Waals surface area contributed by atoms with Crippen LogP contribution in [0.15, 0.2) is 47.1 Å². The lowest BCUT2D eigenvalue weighted by Gasteiger charge is -2.10. The highest BCUT2D eigenvalue weighted by Gasteiger charge is 2.09. The SMILES string of the molecule is O=C(NC(=S)Nc1ncc(Br)cc1I)c1ccccc1. The van der Waals surface area contributed by atoms with Crippen LogP contribution < -0.4 is 10.6 Å². The summed E-state index contributed by atoms with van der Waals surface area (Å²) < 4.78 is 1.78. The van der Waals surface area contributed by atoms with Crippen LogP contribution in [-0.4, -0.2) is 16.0 Å². The third-order valence-electron chi connectivity index (χ3n) is 2.30. The Bertz CT molecular complexity index is 651. The zero-order valence-electron chi connectivity index (χ0n) is 10.1. The number of nitrogens with one attached hydrogen (secondary N) is 2. The van der Waals surface area contributed by atoms with Crippen LogP contribution in [-0.2, 0) is 0 Å². The molecule has 4 nitrogen and oxygen atoms in total. The van der Waals surface area contributed by atoms with Crippen molar-refractivity contribution >= 4 is 67.6 Å². The molecule has 2 N–H and O–H groups in total. The summed E-state index contributed by atoms with van der Waals surface area (Å²) in [6, 6.07) is 10.8. The van der Waals surface area contributed by atoms with Gasteiger partial charge in [0.05, 0.1) is 3.57 Å². The molecule has 0 bridgehead atoms. The zero-order valence-corrected chi connectivity index (χ0v) is 14.6. The molecule has 1 amide bonds. The van der Waals surface area contributed by atoms with Crippen LogP contribution >= 0.6 is 50.7 Å². The van der Waals surface area contributed by atoms with Gasteiger partial charge in [-0.05, 0) is 68.9 Å². The van der Waals surface area contributed by atoms with Crippen LogP contribution in [0, 0.1) is 3.57 Å². The van der Waals surface area contributed by atoms with Crippen molar-refractivity contribution in [2.45, 2.75) is 0 Å². The van der Waals surface area contributed by atoms with Crippen molar-refractivity contribution in [3.05, 3.63) is 56.2 Å². The van der Waals surface area contributed by atoms with E-state index in [0.717, 1.165) is 8.04 Å². The second-order valence-corrected chi connectivity index (χ2v) is 6.24. The number of carbonyl (C=O) groups excluding carboxylic acids is 1. The summed E-state index contributed by atoms with van der Waals surface area (Å²) in [7, 11) is 0. The Morgan fingerprint density at radius 3 is 2.65 bits per heavy atom. The third-order valence-corrected chi connectivity index (χ3v) is 3.76. The summed E-state index contributed by atoms with van der Waals surface area (Å²) in [4.78, 5) is 16.1. The van der Waals surface area contributed by atoms with Crippen molar-refractivity contribution in [2.24, 2.45) is 0 Å². The number of aromatic nitrogens is 1. The maximum absolute atomic E-state index is 11.9. The first kappa shape index (κ1) is 15.3. The fraction of sp³-hybridized carbons (Fsp3) is 0. The van der Waals surface area contributed by atoms with Crippen molar-refractivity contribution in [1.82, 2.24) is 10.3 Å². The highest BCUT2D eigenvalue weighted by atomic mass is 127. The lowest BCUT2D eigenvalue weighted by atomic mass is 10.2. The van der Waals surface area contributed by atoms with Crippen molar-refractivity contribution in [3.63, 3.8) is 0 Å². The van der Waals surface area contributed by atoms with Crippen LogP contribution in [0.2, 0.25) is 0 Å². The van der Waals surface area contributed by atoms with E-state index in [9.17, 15) is 4.79 Å². The summed E-state index contributed by atoms with van der Waals surface area (Å²) >= 11 is 10.6. The van der Waals surface area contributed by atoms with Crippen LogP contribution in [0.3, 0.4) is 0 Å². The minimum Gasteiger partial charge on any atom is -0.316 e. The minimum atomic E-state index is -0.254. The molecule has 2 rings (SSSR count). The highest BCUT2D eigenvalue weighted by Crippen LogP contribution is 2.19. The smallest absolute Gasteiger partial charge is 0.257 e. The average molecular weight is 462 g/mol. The zero-order chi connectivity index (χ0) is 14.5. The van der Waals surface area contributed by atoms with Crippen molar-refractivity contribution in [1.29, 1.82) is 0 Å². The molecule has 0 saturated heterocycles. The summed E-state index contributed by atoms with van der Waals surface area (Å²) in [5.41, 5.74) is 0.551. The quantitative estimate of drug-likeness (QED) is 0.530. The van der Waals surface area contributed by atoms with Crippen molar-refractivity contribution in [3.8, 4) is 0 Å². The number of pyridine rings is 1. The second-order valence-electron chi connectivity index (χ2n) is 3.76. The Hall–Kier alpha value is -1.06. The first-order valence-corrected chi connectivity index (χ1v) is 7.82. The summed E-state index contributed by atoms with van der Waals surface area (Å²) in [5, 5.41) is 5.73. The van der Waals surface area contributed by atoms with Crippen molar-refractivity contribution < 1.29 is 4.79 Å². The summed E-state index contributed by atoms with van der Waals surface area (Å²) in [6.07, 6.45) is 1.66. The van der Waals surface area contributed by atoms with Gasteiger partial charge in [-0.3, -0.25) is 10.1 Å². The van der Waals surface area contributed by atoms with Crippen LogP contribution in [0.25, 0.3) is 0 Å². The molecule has 0 aliphatic carbocycles. The van der Waals surface area contributed by atoms with E-state index >= 15 is 0 Å². The van der Waals surface area contributed by atoms with E-state index in [-0.39, 0.29) is 11.0 Å². The van der Waals surface area contributed by atoms with Gasteiger partial charge in [-0.25, -0.2) is 4.98 Å². The van der Waals surface area contributed by atoms with E-state index in [1.807, 2.05) is 12.1 Å². The Morgan fingerprint density at radius 2 is 2.00 bits per heavy atom. The monoisotopic (exact) mass is 461 g/mol. The molecular weight excluding hydrogens is 453 g/mol.